The van der Waals surface area contributed by atoms with E-state index in [9.17, 15) is 18.0 Å². The Labute approximate surface area is 137 Å². The van der Waals surface area contributed by atoms with Gasteiger partial charge in [0, 0.05) is 5.02 Å². The Balaban J connectivity index is 2.16. The molecule has 8 heteroatoms. The van der Waals surface area contributed by atoms with Crippen molar-refractivity contribution in [2.24, 2.45) is 0 Å². The monoisotopic (exact) mass is 353 g/mol. The molecule has 6 nitrogen and oxygen atoms in total. The summed E-state index contributed by atoms with van der Waals surface area (Å²) in [7, 11) is -3.85. The molecule has 2 rings (SSSR count). The van der Waals surface area contributed by atoms with Crippen molar-refractivity contribution < 1.29 is 23.1 Å². The molecule has 1 amide bonds. The van der Waals surface area contributed by atoms with Crippen molar-refractivity contribution >= 4 is 39.0 Å². The molecule has 0 aliphatic rings. The molecule has 0 atom stereocenters. The van der Waals surface area contributed by atoms with Crippen LogP contribution in [-0.4, -0.2) is 31.2 Å². The zero-order valence-electron chi connectivity index (χ0n) is 11.7. The van der Waals surface area contributed by atoms with E-state index in [4.69, 9.17) is 16.7 Å². The highest BCUT2D eigenvalue weighted by molar-refractivity contribution is 7.92. The number of hydrogen-bond acceptors (Lipinski definition) is 4. The first-order chi connectivity index (χ1) is 10.8. The van der Waals surface area contributed by atoms with Gasteiger partial charge in [-0.3, -0.25) is 4.79 Å². The standard InChI is InChI=1S/C15H12ClNO5S/c16-10-5-7-11(8-6-10)23(21,22)9-14(18)17-13-4-2-1-3-12(13)15(19)20/h1-8H,9H2,(H,17,18)(H,19,20). The van der Waals surface area contributed by atoms with E-state index in [1.165, 1.54) is 48.5 Å². The SMILES string of the molecule is O=C(CS(=O)(=O)c1ccc(Cl)cc1)Nc1ccccc1C(=O)O. The molecule has 0 saturated carbocycles. The van der Waals surface area contributed by atoms with Crippen molar-refractivity contribution in [2.45, 2.75) is 4.90 Å². The molecule has 0 spiro atoms. The molecule has 2 N–H and O–H groups in total. The average Bonchev–Trinajstić information content (AvgIpc) is 2.47. The van der Waals surface area contributed by atoms with Crippen LogP contribution in [0.15, 0.2) is 53.4 Å². The van der Waals surface area contributed by atoms with E-state index >= 15 is 0 Å². The minimum absolute atomic E-state index is 0.0382. The summed E-state index contributed by atoms with van der Waals surface area (Å²) in [6.45, 7) is 0. The van der Waals surface area contributed by atoms with Crippen LogP contribution in [0.4, 0.5) is 5.69 Å². The van der Waals surface area contributed by atoms with Crippen LogP contribution < -0.4 is 5.32 Å². The number of carboxylic acids is 1. The van der Waals surface area contributed by atoms with Gasteiger partial charge in [0.05, 0.1) is 16.1 Å². The zero-order valence-corrected chi connectivity index (χ0v) is 13.3. The molecule has 0 unspecified atom stereocenters. The van der Waals surface area contributed by atoms with Gasteiger partial charge in [0.1, 0.15) is 5.75 Å². The molecule has 0 aliphatic heterocycles. The molecule has 0 fully saturated rings. The first-order valence-corrected chi connectivity index (χ1v) is 8.43. The predicted octanol–water partition coefficient (Wildman–Crippen LogP) is 2.45. The number of amides is 1. The Morgan fingerprint density at radius 1 is 1.04 bits per heavy atom. The fourth-order valence-electron chi connectivity index (χ4n) is 1.86. The van der Waals surface area contributed by atoms with Crippen LogP contribution in [0.3, 0.4) is 0 Å². The summed E-state index contributed by atoms with van der Waals surface area (Å²) < 4.78 is 24.3. The lowest BCUT2D eigenvalue weighted by atomic mass is 10.2. The van der Waals surface area contributed by atoms with Crippen molar-refractivity contribution in [3.8, 4) is 0 Å². The summed E-state index contributed by atoms with van der Waals surface area (Å²) in [6, 6.07) is 11.2. The maximum atomic E-state index is 12.1. The van der Waals surface area contributed by atoms with Crippen LogP contribution in [-0.2, 0) is 14.6 Å². The molecule has 0 saturated heterocycles. The third-order valence-electron chi connectivity index (χ3n) is 2.93. The highest BCUT2D eigenvalue weighted by Gasteiger charge is 2.20. The smallest absolute Gasteiger partial charge is 0.337 e. The average molecular weight is 354 g/mol. The number of nitrogens with one attached hydrogen (secondary N) is 1. The van der Waals surface area contributed by atoms with E-state index in [2.05, 4.69) is 5.32 Å². The second-order valence-electron chi connectivity index (χ2n) is 4.61. The van der Waals surface area contributed by atoms with Crippen LogP contribution in [0.2, 0.25) is 5.02 Å². The molecule has 0 bridgehead atoms. The molecular weight excluding hydrogens is 342 g/mol. The number of benzene rings is 2. The third kappa shape index (κ3) is 4.30. The minimum atomic E-state index is -3.85. The number of carbonyl (C=O) groups is 2. The highest BCUT2D eigenvalue weighted by Crippen LogP contribution is 2.17. The van der Waals surface area contributed by atoms with Gasteiger partial charge in [-0.25, -0.2) is 13.2 Å². The summed E-state index contributed by atoms with van der Waals surface area (Å²) in [5.74, 6) is -2.85. The van der Waals surface area contributed by atoms with Crippen molar-refractivity contribution in [1.82, 2.24) is 0 Å². The summed E-state index contributed by atoms with van der Waals surface area (Å²) in [5, 5.41) is 11.7. The lowest BCUT2D eigenvalue weighted by molar-refractivity contribution is -0.113. The molecule has 0 aromatic heterocycles. The topological polar surface area (TPSA) is 101 Å². The number of anilines is 1. The van der Waals surface area contributed by atoms with Crippen molar-refractivity contribution in [3.63, 3.8) is 0 Å². The molecule has 0 aliphatic carbocycles. The molecule has 120 valence electrons. The van der Waals surface area contributed by atoms with Crippen molar-refractivity contribution in [1.29, 1.82) is 0 Å². The number of hydrogen-bond donors (Lipinski definition) is 2. The lowest BCUT2D eigenvalue weighted by Gasteiger charge is -2.09. The normalized spacial score (nSPS) is 11.0. The Morgan fingerprint density at radius 3 is 2.26 bits per heavy atom. The van der Waals surface area contributed by atoms with Gasteiger partial charge in [-0.1, -0.05) is 23.7 Å². The molecular formula is C15H12ClNO5S. The van der Waals surface area contributed by atoms with Gasteiger partial charge >= 0.3 is 5.97 Å². The number of carboxylic acid groups (broad SMARTS) is 1. The van der Waals surface area contributed by atoms with Crippen molar-refractivity contribution in [3.05, 3.63) is 59.1 Å². The number of aromatic carboxylic acids is 1. The van der Waals surface area contributed by atoms with E-state index in [0.29, 0.717) is 5.02 Å². The summed E-state index contributed by atoms with van der Waals surface area (Å²) >= 11 is 5.69. The summed E-state index contributed by atoms with van der Waals surface area (Å²) in [5.41, 5.74) is -0.0824. The Kier molecular flexibility index (Phi) is 5.02. The van der Waals surface area contributed by atoms with E-state index in [-0.39, 0.29) is 16.1 Å². The number of sulfone groups is 1. The van der Waals surface area contributed by atoms with Crippen LogP contribution >= 0.6 is 11.6 Å². The van der Waals surface area contributed by atoms with Gasteiger partial charge in [-0.2, -0.15) is 0 Å². The molecule has 2 aromatic carbocycles. The van der Waals surface area contributed by atoms with Gasteiger partial charge in [-0.05, 0) is 36.4 Å². The van der Waals surface area contributed by atoms with Gasteiger partial charge in [0.25, 0.3) is 0 Å². The lowest BCUT2D eigenvalue weighted by Crippen LogP contribution is -2.24. The Bertz CT molecular complexity index is 846. The maximum absolute atomic E-state index is 12.1. The van der Waals surface area contributed by atoms with Crippen LogP contribution in [0.1, 0.15) is 10.4 Å². The highest BCUT2D eigenvalue weighted by atomic mass is 35.5. The van der Waals surface area contributed by atoms with Crippen molar-refractivity contribution in [2.75, 3.05) is 11.1 Å². The van der Waals surface area contributed by atoms with Crippen LogP contribution in [0.5, 0.6) is 0 Å². The second kappa shape index (κ2) is 6.80. The van der Waals surface area contributed by atoms with Gasteiger partial charge < -0.3 is 10.4 Å². The third-order valence-corrected chi connectivity index (χ3v) is 4.81. The number of rotatable bonds is 5. The maximum Gasteiger partial charge on any atom is 0.337 e. The fraction of sp³-hybridized carbons (Fsp3) is 0.0667. The zero-order chi connectivity index (χ0) is 17.0. The second-order valence-corrected chi connectivity index (χ2v) is 7.04. The van der Waals surface area contributed by atoms with E-state index in [1.54, 1.807) is 0 Å². The fourth-order valence-corrected chi connectivity index (χ4v) is 3.12. The van der Waals surface area contributed by atoms with Gasteiger partial charge in [-0.15, -0.1) is 0 Å². The number of carbonyl (C=O) groups excluding carboxylic acids is 1. The first kappa shape index (κ1) is 17.0. The van der Waals surface area contributed by atoms with Crippen LogP contribution in [0, 0.1) is 0 Å². The molecule has 23 heavy (non-hydrogen) atoms. The number of para-hydroxylation sites is 1. The first-order valence-electron chi connectivity index (χ1n) is 6.40. The molecule has 2 aromatic rings. The van der Waals surface area contributed by atoms with E-state index in [0.717, 1.165) is 0 Å². The van der Waals surface area contributed by atoms with E-state index < -0.39 is 27.5 Å². The Morgan fingerprint density at radius 2 is 1.65 bits per heavy atom. The van der Waals surface area contributed by atoms with E-state index in [1.807, 2.05) is 0 Å². The summed E-state index contributed by atoms with van der Waals surface area (Å²) in [4.78, 5) is 23.0. The largest absolute Gasteiger partial charge is 0.478 e. The van der Waals surface area contributed by atoms with Gasteiger partial charge in [0.15, 0.2) is 9.84 Å². The predicted molar refractivity (Wildman–Crippen MR) is 85.5 cm³/mol. The Hall–Kier alpha value is -2.38. The van der Waals surface area contributed by atoms with Gasteiger partial charge in [0.2, 0.25) is 5.91 Å². The van der Waals surface area contributed by atoms with Crippen LogP contribution in [0.25, 0.3) is 0 Å². The number of halogens is 1. The molecule has 0 radical (unpaired) electrons. The summed E-state index contributed by atoms with van der Waals surface area (Å²) in [6.07, 6.45) is 0. The quantitative estimate of drug-likeness (QED) is 0.859. The minimum Gasteiger partial charge on any atom is -0.478 e. The molecule has 0 heterocycles.